The summed E-state index contributed by atoms with van der Waals surface area (Å²) < 4.78 is 1.77. The monoisotopic (exact) mass is 193 g/mol. The number of aryl methyl sites for hydroxylation is 1. The van der Waals surface area contributed by atoms with E-state index in [1.54, 1.807) is 4.68 Å². The average molecular weight is 193 g/mol. The second-order valence-corrected chi connectivity index (χ2v) is 3.74. The van der Waals surface area contributed by atoms with E-state index in [4.69, 9.17) is 0 Å². The van der Waals surface area contributed by atoms with Gasteiger partial charge in [0.2, 0.25) is 5.91 Å². The second-order valence-electron chi connectivity index (χ2n) is 3.74. The number of hydrogen-bond donors (Lipinski definition) is 1. The van der Waals surface area contributed by atoms with Gasteiger partial charge in [0.1, 0.15) is 6.04 Å². The van der Waals surface area contributed by atoms with Crippen molar-refractivity contribution in [2.45, 2.75) is 32.2 Å². The third-order valence-corrected chi connectivity index (χ3v) is 2.57. The molecule has 1 aliphatic rings. The summed E-state index contributed by atoms with van der Waals surface area (Å²) in [6.45, 7) is 2.74. The van der Waals surface area contributed by atoms with Crippen LogP contribution in [0.3, 0.4) is 0 Å². The lowest BCUT2D eigenvalue weighted by molar-refractivity contribution is -0.124. The maximum absolute atomic E-state index is 11.7. The number of carbonyl (C=O) groups is 1. The van der Waals surface area contributed by atoms with Crippen LogP contribution in [-0.4, -0.2) is 22.2 Å². The van der Waals surface area contributed by atoms with E-state index in [1.165, 1.54) is 0 Å². The van der Waals surface area contributed by atoms with Gasteiger partial charge in [-0.05, 0) is 32.3 Å². The summed E-state index contributed by atoms with van der Waals surface area (Å²) in [4.78, 5) is 11.7. The highest BCUT2D eigenvalue weighted by Crippen LogP contribution is 2.17. The minimum Gasteiger partial charge on any atom is -0.354 e. The quantitative estimate of drug-likeness (QED) is 0.724. The van der Waals surface area contributed by atoms with E-state index in [0.717, 1.165) is 31.5 Å². The molecule has 14 heavy (non-hydrogen) atoms. The van der Waals surface area contributed by atoms with Crippen LogP contribution in [-0.2, 0) is 4.79 Å². The Morgan fingerprint density at radius 2 is 2.43 bits per heavy atom. The standard InChI is InChI=1S/C10H15N3O/c1-8-5-7-13(12-8)9-4-2-3-6-11-10(9)14/h5,7,9H,2-4,6H2,1H3,(H,11,14). The minimum atomic E-state index is -0.105. The number of nitrogens with zero attached hydrogens (tertiary/aromatic N) is 2. The van der Waals surface area contributed by atoms with Gasteiger partial charge in [-0.15, -0.1) is 0 Å². The van der Waals surface area contributed by atoms with Crippen molar-refractivity contribution in [3.05, 3.63) is 18.0 Å². The Bertz CT molecular complexity index is 332. The van der Waals surface area contributed by atoms with E-state index in [-0.39, 0.29) is 11.9 Å². The zero-order chi connectivity index (χ0) is 9.97. The van der Waals surface area contributed by atoms with Gasteiger partial charge in [-0.25, -0.2) is 0 Å². The number of amides is 1. The van der Waals surface area contributed by atoms with E-state index in [1.807, 2.05) is 19.2 Å². The molecular weight excluding hydrogens is 178 g/mol. The lowest BCUT2D eigenvalue weighted by Gasteiger charge is -2.13. The van der Waals surface area contributed by atoms with E-state index in [9.17, 15) is 4.79 Å². The molecule has 0 spiro atoms. The second kappa shape index (κ2) is 3.82. The molecule has 0 saturated carbocycles. The maximum Gasteiger partial charge on any atom is 0.244 e. The third-order valence-electron chi connectivity index (χ3n) is 2.57. The van der Waals surface area contributed by atoms with Crippen molar-refractivity contribution >= 4 is 5.91 Å². The summed E-state index contributed by atoms with van der Waals surface area (Å²) in [7, 11) is 0. The van der Waals surface area contributed by atoms with Crippen LogP contribution in [0.5, 0.6) is 0 Å². The highest BCUT2D eigenvalue weighted by molar-refractivity contribution is 5.80. The Hall–Kier alpha value is -1.32. The Morgan fingerprint density at radius 1 is 1.57 bits per heavy atom. The predicted molar refractivity (Wildman–Crippen MR) is 52.9 cm³/mol. The molecule has 2 rings (SSSR count). The Balaban J connectivity index is 2.18. The molecule has 1 saturated heterocycles. The molecule has 1 aromatic rings. The molecule has 2 heterocycles. The van der Waals surface area contributed by atoms with E-state index >= 15 is 0 Å². The first-order chi connectivity index (χ1) is 6.77. The van der Waals surface area contributed by atoms with E-state index in [0.29, 0.717) is 0 Å². The van der Waals surface area contributed by atoms with Gasteiger partial charge >= 0.3 is 0 Å². The average Bonchev–Trinajstić information content (AvgIpc) is 2.46. The van der Waals surface area contributed by atoms with Gasteiger partial charge < -0.3 is 5.32 Å². The molecule has 1 amide bonds. The lowest BCUT2D eigenvalue weighted by Crippen LogP contribution is -2.31. The van der Waals surface area contributed by atoms with Gasteiger partial charge in [0, 0.05) is 12.7 Å². The van der Waals surface area contributed by atoms with Crippen LogP contribution in [0.2, 0.25) is 0 Å². The van der Waals surface area contributed by atoms with E-state index < -0.39 is 0 Å². The molecule has 1 aliphatic heterocycles. The number of hydrogen-bond acceptors (Lipinski definition) is 2. The molecule has 1 N–H and O–H groups in total. The first-order valence-corrected chi connectivity index (χ1v) is 5.07. The molecule has 4 nitrogen and oxygen atoms in total. The number of rotatable bonds is 1. The molecule has 1 unspecified atom stereocenters. The SMILES string of the molecule is Cc1ccn(C2CCCCNC2=O)n1. The summed E-state index contributed by atoms with van der Waals surface area (Å²) in [6, 6.07) is 1.82. The van der Waals surface area contributed by atoms with Crippen molar-refractivity contribution in [1.29, 1.82) is 0 Å². The fourth-order valence-corrected chi connectivity index (χ4v) is 1.78. The fourth-order valence-electron chi connectivity index (χ4n) is 1.78. The first-order valence-electron chi connectivity index (χ1n) is 5.07. The molecule has 1 atom stereocenters. The number of nitrogens with one attached hydrogen (secondary N) is 1. The van der Waals surface area contributed by atoms with Crippen LogP contribution in [0.25, 0.3) is 0 Å². The molecule has 1 aromatic heterocycles. The van der Waals surface area contributed by atoms with Gasteiger partial charge in [-0.1, -0.05) is 0 Å². The summed E-state index contributed by atoms with van der Waals surface area (Å²) in [6.07, 6.45) is 4.93. The number of aromatic nitrogens is 2. The molecule has 0 aliphatic carbocycles. The Labute approximate surface area is 83.3 Å². The molecule has 1 fully saturated rings. The van der Waals surface area contributed by atoms with Gasteiger partial charge in [0.25, 0.3) is 0 Å². The largest absolute Gasteiger partial charge is 0.354 e. The zero-order valence-corrected chi connectivity index (χ0v) is 8.36. The van der Waals surface area contributed by atoms with Crippen LogP contribution >= 0.6 is 0 Å². The van der Waals surface area contributed by atoms with Gasteiger partial charge in [-0.2, -0.15) is 5.10 Å². The van der Waals surface area contributed by atoms with E-state index in [2.05, 4.69) is 10.4 Å². The van der Waals surface area contributed by atoms with Gasteiger partial charge in [-0.3, -0.25) is 9.48 Å². The van der Waals surface area contributed by atoms with Crippen LogP contribution < -0.4 is 5.32 Å². The van der Waals surface area contributed by atoms with Crippen molar-refractivity contribution in [1.82, 2.24) is 15.1 Å². The predicted octanol–water partition coefficient (Wildman–Crippen LogP) is 1.03. The molecule has 0 aromatic carbocycles. The van der Waals surface area contributed by atoms with Crippen molar-refractivity contribution in [2.75, 3.05) is 6.54 Å². The fraction of sp³-hybridized carbons (Fsp3) is 0.600. The molecule has 0 radical (unpaired) electrons. The topological polar surface area (TPSA) is 46.9 Å². The van der Waals surface area contributed by atoms with Crippen molar-refractivity contribution in [3.8, 4) is 0 Å². The molecule has 4 heteroatoms. The Kier molecular flexibility index (Phi) is 2.52. The van der Waals surface area contributed by atoms with Gasteiger partial charge in [0.15, 0.2) is 0 Å². The van der Waals surface area contributed by atoms with Crippen LogP contribution in [0.4, 0.5) is 0 Å². The number of carbonyl (C=O) groups excluding carboxylic acids is 1. The lowest BCUT2D eigenvalue weighted by atomic mass is 10.1. The molecule has 76 valence electrons. The normalized spacial score (nSPS) is 22.9. The van der Waals surface area contributed by atoms with Crippen molar-refractivity contribution in [3.63, 3.8) is 0 Å². The third kappa shape index (κ3) is 1.78. The van der Waals surface area contributed by atoms with Crippen LogP contribution in [0.1, 0.15) is 31.0 Å². The zero-order valence-electron chi connectivity index (χ0n) is 8.36. The summed E-state index contributed by atoms with van der Waals surface area (Å²) >= 11 is 0. The molecular formula is C10H15N3O. The summed E-state index contributed by atoms with van der Waals surface area (Å²) in [5.41, 5.74) is 0.960. The molecule has 0 bridgehead atoms. The van der Waals surface area contributed by atoms with Crippen LogP contribution in [0.15, 0.2) is 12.3 Å². The Morgan fingerprint density at radius 3 is 3.14 bits per heavy atom. The summed E-state index contributed by atoms with van der Waals surface area (Å²) in [5, 5.41) is 7.18. The highest BCUT2D eigenvalue weighted by Gasteiger charge is 2.22. The first kappa shape index (κ1) is 9.24. The minimum absolute atomic E-state index is 0.102. The van der Waals surface area contributed by atoms with Gasteiger partial charge in [0.05, 0.1) is 5.69 Å². The van der Waals surface area contributed by atoms with Crippen molar-refractivity contribution < 1.29 is 4.79 Å². The maximum atomic E-state index is 11.7. The van der Waals surface area contributed by atoms with Crippen molar-refractivity contribution in [2.24, 2.45) is 0 Å². The smallest absolute Gasteiger partial charge is 0.244 e. The summed E-state index contributed by atoms with van der Waals surface area (Å²) in [5.74, 6) is 0.102. The van der Waals surface area contributed by atoms with Crippen LogP contribution in [0, 0.1) is 6.92 Å². The highest BCUT2D eigenvalue weighted by atomic mass is 16.2.